The molecule has 0 aliphatic heterocycles. The van der Waals surface area contributed by atoms with Crippen molar-refractivity contribution in [3.8, 4) is 0 Å². The van der Waals surface area contributed by atoms with Crippen molar-refractivity contribution in [2.75, 3.05) is 6.54 Å². The Morgan fingerprint density at radius 2 is 2.00 bits per heavy atom. The molecule has 0 heterocycles. The van der Waals surface area contributed by atoms with Crippen LogP contribution in [0.5, 0.6) is 0 Å². The lowest BCUT2D eigenvalue weighted by Gasteiger charge is -2.12. The normalized spacial score (nSPS) is 12.8. The highest BCUT2D eigenvalue weighted by atomic mass is 35.5. The van der Waals surface area contributed by atoms with Crippen LogP contribution in [0, 0.1) is 0 Å². The van der Waals surface area contributed by atoms with Gasteiger partial charge in [0.05, 0.1) is 0 Å². The zero-order valence-corrected chi connectivity index (χ0v) is 8.30. The number of rotatable bonds is 4. The van der Waals surface area contributed by atoms with E-state index in [2.05, 4.69) is 0 Å². The van der Waals surface area contributed by atoms with Crippen molar-refractivity contribution in [2.24, 2.45) is 11.5 Å². The van der Waals surface area contributed by atoms with E-state index in [1.807, 2.05) is 24.3 Å². The number of hydrogen-bond acceptors (Lipinski definition) is 2. The molecule has 0 saturated carbocycles. The second-order valence-corrected chi connectivity index (χ2v) is 3.47. The first-order valence-corrected chi connectivity index (χ1v) is 4.83. The number of hydrogen-bond donors (Lipinski definition) is 2. The van der Waals surface area contributed by atoms with E-state index in [0.29, 0.717) is 6.54 Å². The van der Waals surface area contributed by atoms with Crippen molar-refractivity contribution in [3.05, 3.63) is 34.9 Å². The van der Waals surface area contributed by atoms with E-state index in [9.17, 15) is 0 Å². The van der Waals surface area contributed by atoms with Gasteiger partial charge in [0.15, 0.2) is 0 Å². The summed E-state index contributed by atoms with van der Waals surface area (Å²) in [5, 5.41) is 0.743. The number of benzene rings is 1. The van der Waals surface area contributed by atoms with Crippen LogP contribution in [-0.4, -0.2) is 6.54 Å². The second-order valence-electron chi connectivity index (χ2n) is 3.06. The van der Waals surface area contributed by atoms with Gasteiger partial charge in [0.25, 0.3) is 0 Å². The largest absolute Gasteiger partial charge is 0.330 e. The Morgan fingerprint density at radius 3 is 2.62 bits per heavy atom. The minimum atomic E-state index is 0.0113. The third kappa shape index (κ3) is 2.99. The molecule has 0 saturated heterocycles. The van der Waals surface area contributed by atoms with Gasteiger partial charge in [0.2, 0.25) is 0 Å². The first-order chi connectivity index (χ1) is 6.25. The van der Waals surface area contributed by atoms with Gasteiger partial charge in [-0.25, -0.2) is 0 Å². The van der Waals surface area contributed by atoms with Crippen molar-refractivity contribution in [3.63, 3.8) is 0 Å². The average molecular weight is 199 g/mol. The van der Waals surface area contributed by atoms with Gasteiger partial charge in [-0.05, 0) is 31.0 Å². The Hall–Kier alpha value is -0.570. The molecule has 0 bridgehead atoms. The summed E-state index contributed by atoms with van der Waals surface area (Å²) in [6, 6.07) is 7.69. The number of halogens is 1. The molecule has 4 N–H and O–H groups in total. The lowest BCUT2D eigenvalue weighted by atomic mass is 10.0. The van der Waals surface area contributed by atoms with E-state index in [-0.39, 0.29) is 6.04 Å². The lowest BCUT2D eigenvalue weighted by molar-refractivity contribution is 0.618. The highest BCUT2D eigenvalue weighted by Gasteiger charge is 2.07. The molecule has 0 unspecified atom stereocenters. The van der Waals surface area contributed by atoms with Crippen LogP contribution in [0.25, 0.3) is 0 Å². The molecule has 1 aromatic carbocycles. The monoisotopic (exact) mass is 198 g/mol. The van der Waals surface area contributed by atoms with Crippen LogP contribution in [0.4, 0.5) is 0 Å². The van der Waals surface area contributed by atoms with Gasteiger partial charge in [-0.1, -0.05) is 29.8 Å². The fourth-order valence-corrected chi connectivity index (χ4v) is 1.54. The van der Waals surface area contributed by atoms with Gasteiger partial charge in [0, 0.05) is 11.1 Å². The Bertz CT molecular complexity index is 263. The molecule has 72 valence electrons. The maximum atomic E-state index is 5.99. The Labute approximate surface area is 83.9 Å². The van der Waals surface area contributed by atoms with Gasteiger partial charge < -0.3 is 11.5 Å². The molecule has 1 aromatic rings. The van der Waals surface area contributed by atoms with Crippen LogP contribution in [0.3, 0.4) is 0 Å². The van der Waals surface area contributed by atoms with Gasteiger partial charge in [-0.2, -0.15) is 0 Å². The van der Waals surface area contributed by atoms with Crippen LogP contribution in [-0.2, 0) is 0 Å². The van der Waals surface area contributed by atoms with Crippen LogP contribution in [0.2, 0.25) is 5.02 Å². The molecular weight excluding hydrogens is 184 g/mol. The maximum absolute atomic E-state index is 5.99. The molecule has 0 aliphatic rings. The van der Waals surface area contributed by atoms with E-state index in [0.717, 1.165) is 23.4 Å². The number of nitrogens with two attached hydrogens (primary N) is 2. The van der Waals surface area contributed by atoms with Crippen molar-refractivity contribution in [2.45, 2.75) is 18.9 Å². The van der Waals surface area contributed by atoms with E-state index < -0.39 is 0 Å². The molecule has 1 rings (SSSR count). The molecule has 1 atom stereocenters. The molecule has 0 radical (unpaired) electrons. The Morgan fingerprint density at radius 1 is 1.31 bits per heavy atom. The summed E-state index contributed by atoms with van der Waals surface area (Å²) in [5.74, 6) is 0. The third-order valence-electron chi connectivity index (χ3n) is 2.02. The smallest absolute Gasteiger partial charge is 0.0453 e. The molecule has 2 nitrogen and oxygen atoms in total. The predicted molar refractivity (Wildman–Crippen MR) is 56.7 cm³/mol. The summed E-state index contributed by atoms with van der Waals surface area (Å²) in [6.45, 7) is 0.679. The zero-order valence-electron chi connectivity index (χ0n) is 7.54. The summed E-state index contributed by atoms with van der Waals surface area (Å²) < 4.78 is 0. The summed E-state index contributed by atoms with van der Waals surface area (Å²) in [6.07, 6.45) is 1.83. The molecule has 13 heavy (non-hydrogen) atoms. The quantitative estimate of drug-likeness (QED) is 0.779. The van der Waals surface area contributed by atoms with Crippen LogP contribution < -0.4 is 11.5 Å². The van der Waals surface area contributed by atoms with Crippen molar-refractivity contribution < 1.29 is 0 Å². The summed E-state index contributed by atoms with van der Waals surface area (Å²) >= 11 is 5.99. The van der Waals surface area contributed by atoms with E-state index in [1.165, 1.54) is 0 Å². The van der Waals surface area contributed by atoms with Gasteiger partial charge in [-0.15, -0.1) is 0 Å². The minimum absolute atomic E-state index is 0.0113. The fourth-order valence-electron chi connectivity index (χ4n) is 1.27. The van der Waals surface area contributed by atoms with Crippen molar-refractivity contribution in [1.82, 2.24) is 0 Å². The summed E-state index contributed by atoms with van der Waals surface area (Å²) in [4.78, 5) is 0. The van der Waals surface area contributed by atoms with Gasteiger partial charge >= 0.3 is 0 Å². The van der Waals surface area contributed by atoms with Crippen LogP contribution in [0.15, 0.2) is 24.3 Å². The second kappa shape index (κ2) is 5.22. The standard InChI is InChI=1S/C10H15ClN2/c11-9-5-2-1-4-8(9)10(13)6-3-7-12/h1-2,4-5,10H,3,6-7,12-13H2/t10-/m0/s1. The molecule has 0 spiro atoms. The Kier molecular flexibility index (Phi) is 4.22. The summed E-state index contributed by atoms with van der Waals surface area (Å²) in [5.41, 5.74) is 12.4. The highest BCUT2D eigenvalue weighted by Crippen LogP contribution is 2.23. The molecular formula is C10H15ClN2. The van der Waals surface area contributed by atoms with E-state index in [4.69, 9.17) is 23.1 Å². The van der Waals surface area contributed by atoms with Crippen molar-refractivity contribution in [1.29, 1.82) is 0 Å². The van der Waals surface area contributed by atoms with E-state index in [1.54, 1.807) is 0 Å². The maximum Gasteiger partial charge on any atom is 0.0453 e. The molecule has 0 fully saturated rings. The van der Waals surface area contributed by atoms with Gasteiger partial charge in [-0.3, -0.25) is 0 Å². The molecule has 0 aromatic heterocycles. The predicted octanol–water partition coefficient (Wildman–Crippen LogP) is 2.08. The lowest BCUT2D eigenvalue weighted by Crippen LogP contribution is -2.12. The SMILES string of the molecule is NCCC[C@H](N)c1ccccc1Cl. The third-order valence-corrected chi connectivity index (χ3v) is 2.37. The fraction of sp³-hybridized carbons (Fsp3) is 0.400. The topological polar surface area (TPSA) is 52.0 Å². The van der Waals surface area contributed by atoms with Crippen molar-refractivity contribution >= 4 is 11.6 Å². The first-order valence-electron chi connectivity index (χ1n) is 4.45. The molecule has 3 heteroatoms. The molecule has 0 amide bonds. The first kappa shape index (κ1) is 10.5. The highest BCUT2D eigenvalue weighted by molar-refractivity contribution is 6.31. The van der Waals surface area contributed by atoms with Crippen LogP contribution >= 0.6 is 11.6 Å². The van der Waals surface area contributed by atoms with Crippen LogP contribution in [0.1, 0.15) is 24.4 Å². The minimum Gasteiger partial charge on any atom is -0.330 e. The molecule has 0 aliphatic carbocycles. The van der Waals surface area contributed by atoms with E-state index >= 15 is 0 Å². The average Bonchev–Trinajstić information content (AvgIpc) is 2.15. The Balaban J connectivity index is 2.65. The van der Waals surface area contributed by atoms with Gasteiger partial charge in [0.1, 0.15) is 0 Å². The summed E-state index contributed by atoms with van der Waals surface area (Å²) in [7, 11) is 0. The zero-order chi connectivity index (χ0) is 9.68.